The van der Waals surface area contributed by atoms with Crippen molar-refractivity contribution in [1.82, 2.24) is 4.90 Å². The topological polar surface area (TPSA) is 45.8 Å². The zero-order valence-corrected chi connectivity index (χ0v) is 16.4. The molecule has 1 N–H and O–H groups in total. The molecule has 1 heterocycles. The van der Waals surface area contributed by atoms with E-state index in [2.05, 4.69) is 0 Å². The highest BCUT2D eigenvalue weighted by Gasteiger charge is 2.15. The molecule has 3 rings (SSSR count). The Bertz CT molecular complexity index is 868. The Morgan fingerprint density at radius 2 is 1.93 bits per heavy atom. The van der Waals surface area contributed by atoms with Crippen LogP contribution in [0.15, 0.2) is 65.3 Å². The smallest absolute Gasteiger partial charge is 0.123 e. The number of aliphatic hydroxyl groups is 1. The molecule has 6 heteroatoms. The summed E-state index contributed by atoms with van der Waals surface area (Å²) in [5, 5.41) is 11.1. The Balaban J connectivity index is 1.60. The van der Waals surface area contributed by atoms with Crippen LogP contribution in [0, 0.1) is 12.7 Å². The minimum absolute atomic E-state index is 0.152. The second kappa shape index (κ2) is 9.73. The number of furan rings is 1. The Hall–Kier alpha value is -2.34. The molecule has 1 atom stereocenters. The van der Waals surface area contributed by atoms with Gasteiger partial charge in [-0.05, 0) is 60.5 Å². The third kappa shape index (κ3) is 6.09. The third-order valence-corrected chi connectivity index (χ3v) is 4.74. The zero-order chi connectivity index (χ0) is 19.9. The average molecular weight is 404 g/mol. The Labute approximate surface area is 169 Å². The van der Waals surface area contributed by atoms with Gasteiger partial charge in [0.1, 0.15) is 30.0 Å². The van der Waals surface area contributed by atoms with Crippen LogP contribution in [0.3, 0.4) is 0 Å². The molecule has 0 fully saturated rings. The fourth-order valence-electron chi connectivity index (χ4n) is 2.91. The molecule has 0 aliphatic rings. The molecule has 0 radical (unpaired) electrons. The molecular weight excluding hydrogens is 381 g/mol. The largest absolute Gasteiger partial charge is 0.491 e. The highest BCUT2D eigenvalue weighted by atomic mass is 35.5. The molecule has 148 valence electrons. The zero-order valence-electron chi connectivity index (χ0n) is 15.6. The molecule has 0 aliphatic heterocycles. The lowest BCUT2D eigenvalue weighted by molar-refractivity contribution is 0.0604. The van der Waals surface area contributed by atoms with Gasteiger partial charge in [-0.1, -0.05) is 23.7 Å². The first-order valence-corrected chi connectivity index (χ1v) is 9.43. The number of hydrogen-bond acceptors (Lipinski definition) is 4. The van der Waals surface area contributed by atoms with Crippen LogP contribution in [0.5, 0.6) is 5.75 Å². The predicted octanol–water partition coefficient (Wildman–Crippen LogP) is 4.82. The van der Waals surface area contributed by atoms with E-state index in [1.807, 2.05) is 30.0 Å². The summed E-state index contributed by atoms with van der Waals surface area (Å²) in [5.74, 6) is 1.19. The average Bonchev–Trinajstić information content (AvgIpc) is 3.17. The first-order valence-electron chi connectivity index (χ1n) is 9.06. The van der Waals surface area contributed by atoms with Gasteiger partial charge in [0.2, 0.25) is 0 Å². The minimum atomic E-state index is -0.702. The summed E-state index contributed by atoms with van der Waals surface area (Å²) in [6.07, 6.45) is 0.916. The first-order chi connectivity index (χ1) is 13.5. The third-order valence-electron chi connectivity index (χ3n) is 4.32. The van der Waals surface area contributed by atoms with Crippen molar-refractivity contribution in [2.24, 2.45) is 0 Å². The van der Waals surface area contributed by atoms with Gasteiger partial charge in [-0.2, -0.15) is 0 Å². The van der Waals surface area contributed by atoms with Crippen molar-refractivity contribution in [3.05, 3.63) is 88.6 Å². The van der Waals surface area contributed by atoms with Crippen molar-refractivity contribution in [3.63, 3.8) is 0 Å². The summed E-state index contributed by atoms with van der Waals surface area (Å²) in [7, 11) is 0. The van der Waals surface area contributed by atoms with Crippen molar-refractivity contribution < 1.29 is 18.7 Å². The number of aliphatic hydroxyl groups excluding tert-OH is 1. The molecule has 0 bridgehead atoms. The van der Waals surface area contributed by atoms with E-state index in [-0.39, 0.29) is 12.4 Å². The highest BCUT2D eigenvalue weighted by molar-refractivity contribution is 6.31. The Morgan fingerprint density at radius 1 is 1.14 bits per heavy atom. The molecule has 4 nitrogen and oxygen atoms in total. The summed E-state index contributed by atoms with van der Waals surface area (Å²) >= 11 is 6.02. The van der Waals surface area contributed by atoms with Gasteiger partial charge in [-0.25, -0.2) is 4.39 Å². The van der Waals surface area contributed by atoms with Crippen molar-refractivity contribution >= 4 is 11.6 Å². The number of rotatable bonds is 9. The van der Waals surface area contributed by atoms with E-state index >= 15 is 0 Å². The van der Waals surface area contributed by atoms with Gasteiger partial charge in [0.15, 0.2) is 0 Å². The van der Waals surface area contributed by atoms with Crippen molar-refractivity contribution in [3.8, 4) is 5.75 Å². The van der Waals surface area contributed by atoms with Crippen molar-refractivity contribution in [1.29, 1.82) is 0 Å². The first kappa shape index (κ1) is 20.4. The molecule has 1 unspecified atom stereocenters. The lowest BCUT2D eigenvalue weighted by Crippen LogP contribution is -2.35. The summed E-state index contributed by atoms with van der Waals surface area (Å²) < 4.78 is 24.3. The number of ether oxygens (including phenoxy) is 1. The number of aryl methyl sites for hydroxylation is 1. The van der Waals surface area contributed by atoms with Crippen LogP contribution >= 0.6 is 11.6 Å². The Kier molecular flexibility index (Phi) is 7.09. The van der Waals surface area contributed by atoms with Gasteiger partial charge < -0.3 is 14.3 Å². The van der Waals surface area contributed by atoms with Crippen LogP contribution < -0.4 is 4.74 Å². The lowest BCUT2D eigenvalue weighted by atomic mass is 10.2. The van der Waals surface area contributed by atoms with Crippen LogP contribution in [0.4, 0.5) is 4.39 Å². The van der Waals surface area contributed by atoms with Crippen LogP contribution in [0.25, 0.3) is 0 Å². The van der Waals surface area contributed by atoms with Crippen molar-refractivity contribution in [2.45, 2.75) is 26.1 Å². The highest BCUT2D eigenvalue weighted by Crippen LogP contribution is 2.21. The lowest BCUT2D eigenvalue weighted by Gasteiger charge is -2.24. The quantitative estimate of drug-likeness (QED) is 0.556. The summed E-state index contributed by atoms with van der Waals surface area (Å²) in [6, 6.07) is 15.5. The second-order valence-corrected chi connectivity index (χ2v) is 7.16. The maximum Gasteiger partial charge on any atom is 0.123 e. The number of halogens is 2. The summed E-state index contributed by atoms with van der Waals surface area (Å²) in [5.41, 5.74) is 1.87. The van der Waals surface area contributed by atoms with Gasteiger partial charge in [-0.3, -0.25) is 4.90 Å². The molecule has 2 aromatic carbocycles. The van der Waals surface area contributed by atoms with Gasteiger partial charge in [0.25, 0.3) is 0 Å². The molecule has 28 heavy (non-hydrogen) atoms. The fraction of sp³-hybridized carbons (Fsp3) is 0.273. The van der Waals surface area contributed by atoms with E-state index in [9.17, 15) is 9.50 Å². The molecular formula is C22H23ClFNO3. The van der Waals surface area contributed by atoms with E-state index in [1.165, 1.54) is 12.1 Å². The number of hydrogen-bond donors (Lipinski definition) is 1. The molecule has 1 aromatic heterocycles. The van der Waals surface area contributed by atoms with E-state index in [0.717, 1.165) is 16.9 Å². The van der Waals surface area contributed by atoms with Crippen LogP contribution in [-0.4, -0.2) is 29.3 Å². The van der Waals surface area contributed by atoms with E-state index in [4.69, 9.17) is 20.8 Å². The maximum absolute atomic E-state index is 13.2. The standard InChI is InChI=1S/C22H23ClFNO3/c1-16-11-20(8-9-22(16)23)28-15-19(26)13-25(14-21-3-2-10-27-21)12-17-4-6-18(24)7-5-17/h2-11,19,26H,12-15H2,1H3. The normalized spacial score (nSPS) is 12.3. The fourth-order valence-corrected chi connectivity index (χ4v) is 3.02. The SMILES string of the molecule is Cc1cc(OCC(O)CN(Cc2ccc(F)cc2)Cc2ccco2)ccc1Cl. The van der Waals surface area contributed by atoms with Crippen molar-refractivity contribution in [2.75, 3.05) is 13.2 Å². The van der Waals surface area contributed by atoms with Gasteiger partial charge in [0.05, 0.1) is 12.8 Å². The maximum atomic E-state index is 13.2. The van der Waals surface area contributed by atoms with E-state index < -0.39 is 6.10 Å². The van der Waals surface area contributed by atoms with E-state index in [0.29, 0.717) is 30.4 Å². The van der Waals surface area contributed by atoms with Crippen LogP contribution in [-0.2, 0) is 13.1 Å². The number of benzene rings is 2. The Morgan fingerprint density at radius 3 is 2.61 bits per heavy atom. The molecule has 0 amide bonds. The van der Waals surface area contributed by atoms with E-state index in [1.54, 1.807) is 30.5 Å². The van der Waals surface area contributed by atoms with Gasteiger partial charge >= 0.3 is 0 Å². The number of nitrogens with zero attached hydrogens (tertiary/aromatic N) is 1. The van der Waals surface area contributed by atoms with Crippen LogP contribution in [0.1, 0.15) is 16.9 Å². The molecule has 0 saturated carbocycles. The molecule has 0 spiro atoms. The van der Waals surface area contributed by atoms with Crippen LogP contribution in [0.2, 0.25) is 5.02 Å². The van der Waals surface area contributed by atoms with Gasteiger partial charge in [0, 0.05) is 18.1 Å². The molecule has 0 saturated heterocycles. The minimum Gasteiger partial charge on any atom is -0.491 e. The molecule has 3 aromatic rings. The monoisotopic (exact) mass is 403 g/mol. The predicted molar refractivity (Wildman–Crippen MR) is 107 cm³/mol. The molecule has 0 aliphatic carbocycles. The second-order valence-electron chi connectivity index (χ2n) is 6.75. The summed E-state index contributed by atoms with van der Waals surface area (Å²) in [6.45, 7) is 3.52. The summed E-state index contributed by atoms with van der Waals surface area (Å²) in [4.78, 5) is 2.03. The van der Waals surface area contributed by atoms with Gasteiger partial charge in [-0.15, -0.1) is 0 Å².